The second-order valence-corrected chi connectivity index (χ2v) is 6.52. The van der Waals surface area contributed by atoms with Crippen LogP contribution in [0.5, 0.6) is 0 Å². The lowest BCUT2D eigenvalue weighted by atomic mass is 9.64. The van der Waals surface area contributed by atoms with Crippen molar-refractivity contribution in [2.75, 3.05) is 5.32 Å². The molecule has 0 saturated heterocycles. The van der Waals surface area contributed by atoms with Crippen LogP contribution in [0, 0.1) is 5.41 Å². The Kier molecular flexibility index (Phi) is 4.65. The van der Waals surface area contributed by atoms with E-state index in [9.17, 15) is 9.59 Å². The summed E-state index contributed by atoms with van der Waals surface area (Å²) >= 11 is 0. The molecule has 124 valence electrons. The number of rotatable bonds is 6. The van der Waals surface area contributed by atoms with E-state index in [1.165, 1.54) is 5.56 Å². The van der Waals surface area contributed by atoms with Gasteiger partial charge in [-0.2, -0.15) is 0 Å². The summed E-state index contributed by atoms with van der Waals surface area (Å²) in [7, 11) is 0. The van der Waals surface area contributed by atoms with Crippen molar-refractivity contribution in [2.45, 2.75) is 32.1 Å². The molecule has 0 spiro atoms. The first kappa shape index (κ1) is 16.2. The van der Waals surface area contributed by atoms with E-state index in [4.69, 9.17) is 5.11 Å². The first-order valence-corrected chi connectivity index (χ1v) is 8.24. The molecule has 4 nitrogen and oxygen atoms in total. The van der Waals surface area contributed by atoms with Crippen LogP contribution >= 0.6 is 0 Å². The van der Waals surface area contributed by atoms with Crippen molar-refractivity contribution < 1.29 is 14.7 Å². The lowest BCUT2D eigenvalue weighted by Gasteiger charge is -2.40. The molecule has 1 saturated carbocycles. The molecule has 1 amide bonds. The van der Waals surface area contributed by atoms with Crippen LogP contribution in [0.4, 0.5) is 5.69 Å². The number of hydrogen-bond acceptors (Lipinski definition) is 2. The van der Waals surface area contributed by atoms with Crippen LogP contribution in [0.2, 0.25) is 0 Å². The fraction of sp³-hybridized carbons (Fsp3) is 0.300. The maximum Gasteiger partial charge on any atom is 0.307 e. The molecule has 0 atom stereocenters. The van der Waals surface area contributed by atoms with Crippen LogP contribution in [0.25, 0.3) is 0 Å². The Morgan fingerprint density at radius 1 is 0.958 bits per heavy atom. The zero-order valence-corrected chi connectivity index (χ0v) is 13.5. The Morgan fingerprint density at radius 3 is 2.17 bits per heavy atom. The van der Waals surface area contributed by atoms with Crippen molar-refractivity contribution in [3.05, 3.63) is 65.7 Å². The van der Waals surface area contributed by atoms with E-state index < -0.39 is 5.97 Å². The molecule has 24 heavy (non-hydrogen) atoms. The van der Waals surface area contributed by atoms with Crippen LogP contribution in [-0.2, 0) is 22.4 Å². The standard InChI is InChI=1S/C20H21NO3/c22-18(23)13-15-7-9-17(10-8-15)21-19(24)20(11-4-12-20)14-16-5-2-1-3-6-16/h1-3,5-10H,4,11-14H2,(H,21,24)(H,22,23). The van der Waals surface area contributed by atoms with Crippen molar-refractivity contribution in [1.29, 1.82) is 0 Å². The van der Waals surface area contributed by atoms with E-state index in [2.05, 4.69) is 17.4 Å². The lowest BCUT2D eigenvalue weighted by molar-refractivity contribution is -0.136. The van der Waals surface area contributed by atoms with Gasteiger partial charge in [-0.3, -0.25) is 9.59 Å². The SMILES string of the molecule is O=C(O)Cc1ccc(NC(=O)C2(Cc3ccccc3)CCC2)cc1. The van der Waals surface area contributed by atoms with Gasteiger partial charge in [-0.15, -0.1) is 0 Å². The summed E-state index contributed by atoms with van der Waals surface area (Å²) < 4.78 is 0. The number of hydrogen-bond donors (Lipinski definition) is 2. The number of carbonyl (C=O) groups is 2. The predicted molar refractivity (Wildman–Crippen MR) is 92.8 cm³/mol. The summed E-state index contributed by atoms with van der Waals surface area (Å²) in [6.45, 7) is 0. The highest BCUT2D eigenvalue weighted by Gasteiger charge is 2.43. The van der Waals surface area contributed by atoms with E-state index in [-0.39, 0.29) is 17.7 Å². The van der Waals surface area contributed by atoms with Crippen molar-refractivity contribution >= 4 is 17.6 Å². The Morgan fingerprint density at radius 2 is 1.62 bits per heavy atom. The number of nitrogens with one attached hydrogen (secondary N) is 1. The van der Waals surface area contributed by atoms with E-state index in [1.54, 1.807) is 24.3 Å². The summed E-state index contributed by atoms with van der Waals surface area (Å²) in [5, 5.41) is 11.8. The van der Waals surface area contributed by atoms with Gasteiger partial charge in [0, 0.05) is 5.69 Å². The minimum Gasteiger partial charge on any atom is -0.481 e. The van der Waals surface area contributed by atoms with Crippen molar-refractivity contribution in [2.24, 2.45) is 5.41 Å². The monoisotopic (exact) mass is 323 g/mol. The van der Waals surface area contributed by atoms with Crippen LogP contribution in [0.1, 0.15) is 30.4 Å². The third-order valence-corrected chi connectivity index (χ3v) is 4.74. The summed E-state index contributed by atoms with van der Waals surface area (Å²) in [6, 6.07) is 17.1. The number of carboxylic acid groups (broad SMARTS) is 1. The quantitative estimate of drug-likeness (QED) is 0.852. The van der Waals surface area contributed by atoms with Crippen molar-refractivity contribution in [3.63, 3.8) is 0 Å². The second-order valence-electron chi connectivity index (χ2n) is 6.52. The normalized spacial score (nSPS) is 15.3. The van der Waals surface area contributed by atoms with Gasteiger partial charge in [0.15, 0.2) is 0 Å². The Balaban J connectivity index is 1.67. The fourth-order valence-corrected chi connectivity index (χ4v) is 3.22. The first-order chi connectivity index (χ1) is 11.6. The summed E-state index contributed by atoms with van der Waals surface area (Å²) in [4.78, 5) is 23.5. The highest BCUT2D eigenvalue weighted by molar-refractivity contribution is 5.96. The summed E-state index contributed by atoms with van der Waals surface area (Å²) in [6.07, 6.45) is 3.65. The van der Waals surface area contributed by atoms with Gasteiger partial charge in [0.05, 0.1) is 11.8 Å². The minimum atomic E-state index is -0.858. The van der Waals surface area contributed by atoms with Crippen molar-refractivity contribution in [3.8, 4) is 0 Å². The molecular formula is C20H21NO3. The van der Waals surface area contributed by atoms with Gasteiger partial charge in [0.25, 0.3) is 0 Å². The van der Waals surface area contributed by atoms with Gasteiger partial charge in [-0.05, 0) is 42.5 Å². The summed E-state index contributed by atoms with van der Waals surface area (Å²) in [5.74, 6) is -0.799. The molecule has 3 rings (SSSR count). The molecule has 1 fully saturated rings. The van der Waals surface area contributed by atoms with Gasteiger partial charge in [-0.1, -0.05) is 48.9 Å². The second kappa shape index (κ2) is 6.87. The molecule has 2 aromatic carbocycles. The average molecular weight is 323 g/mol. The van der Waals surface area contributed by atoms with E-state index in [0.29, 0.717) is 5.69 Å². The van der Waals surface area contributed by atoms with Crippen LogP contribution in [0.3, 0.4) is 0 Å². The van der Waals surface area contributed by atoms with E-state index in [1.807, 2.05) is 18.2 Å². The lowest BCUT2D eigenvalue weighted by Crippen LogP contribution is -2.43. The number of benzene rings is 2. The zero-order valence-electron chi connectivity index (χ0n) is 13.5. The minimum absolute atomic E-state index is 0.00777. The smallest absolute Gasteiger partial charge is 0.307 e. The molecule has 0 aliphatic heterocycles. The third kappa shape index (κ3) is 3.65. The fourth-order valence-electron chi connectivity index (χ4n) is 3.22. The van der Waals surface area contributed by atoms with Gasteiger partial charge >= 0.3 is 5.97 Å². The first-order valence-electron chi connectivity index (χ1n) is 8.24. The average Bonchev–Trinajstić information content (AvgIpc) is 2.53. The molecule has 0 radical (unpaired) electrons. The Hall–Kier alpha value is -2.62. The van der Waals surface area contributed by atoms with Gasteiger partial charge in [0.2, 0.25) is 5.91 Å². The molecule has 0 heterocycles. The topological polar surface area (TPSA) is 66.4 Å². The van der Waals surface area contributed by atoms with Crippen LogP contribution < -0.4 is 5.32 Å². The van der Waals surface area contributed by atoms with Crippen LogP contribution in [-0.4, -0.2) is 17.0 Å². The van der Waals surface area contributed by atoms with Crippen LogP contribution in [0.15, 0.2) is 54.6 Å². The number of carbonyl (C=O) groups excluding carboxylic acids is 1. The Labute approximate surface area is 141 Å². The van der Waals surface area contributed by atoms with Crippen molar-refractivity contribution in [1.82, 2.24) is 0 Å². The maximum absolute atomic E-state index is 12.8. The molecule has 1 aliphatic carbocycles. The zero-order chi connectivity index (χ0) is 17.0. The number of amides is 1. The molecule has 4 heteroatoms. The molecule has 0 aromatic heterocycles. The highest BCUT2D eigenvalue weighted by Crippen LogP contribution is 2.44. The largest absolute Gasteiger partial charge is 0.481 e. The summed E-state index contributed by atoms with van der Waals surface area (Å²) in [5.41, 5.74) is 2.31. The van der Waals surface area contributed by atoms with E-state index >= 15 is 0 Å². The van der Waals surface area contributed by atoms with Gasteiger partial charge in [0.1, 0.15) is 0 Å². The molecule has 0 bridgehead atoms. The van der Waals surface area contributed by atoms with E-state index in [0.717, 1.165) is 31.2 Å². The Bertz CT molecular complexity index is 718. The highest BCUT2D eigenvalue weighted by atomic mass is 16.4. The molecule has 2 N–H and O–H groups in total. The molecule has 0 unspecified atom stereocenters. The molecular weight excluding hydrogens is 302 g/mol. The molecule has 2 aromatic rings. The van der Waals surface area contributed by atoms with Gasteiger partial charge < -0.3 is 10.4 Å². The number of aliphatic carboxylic acids is 1. The maximum atomic E-state index is 12.8. The number of carboxylic acids is 1. The molecule has 1 aliphatic rings. The van der Waals surface area contributed by atoms with Gasteiger partial charge in [-0.25, -0.2) is 0 Å². The predicted octanol–water partition coefficient (Wildman–Crippen LogP) is 3.67. The number of anilines is 1. The third-order valence-electron chi connectivity index (χ3n) is 4.74.